The number of carbonyl (C=O) groups excluding carboxylic acids is 1. The molecule has 2 aromatic heterocycles. The third kappa shape index (κ3) is 4.43. The predicted octanol–water partition coefficient (Wildman–Crippen LogP) is 3.31. The normalized spacial score (nSPS) is 10.7. The van der Waals surface area contributed by atoms with Gasteiger partial charge in [0.15, 0.2) is 22.4 Å². The third-order valence-corrected chi connectivity index (χ3v) is 5.84. The van der Waals surface area contributed by atoms with Gasteiger partial charge in [0.25, 0.3) is 5.91 Å². The van der Waals surface area contributed by atoms with Gasteiger partial charge in [0.05, 0.1) is 27.0 Å². The summed E-state index contributed by atoms with van der Waals surface area (Å²) in [5.74, 6) is 1.39. The van der Waals surface area contributed by atoms with Gasteiger partial charge in [-0.3, -0.25) is 10.1 Å². The molecule has 0 radical (unpaired) electrons. The first-order chi connectivity index (χ1) is 15.9. The van der Waals surface area contributed by atoms with E-state index in [1.165, 1.54) is 32.7 Å². The van der Waals surface area contributed by atoms with Gasteiger partial charge in [0.2, 0.25) is 10.7 Å². The summed E-state index contributed by atoms with van der Waals surface area (Å²) in [6, 6.07) is 10.6. The van der Waals surface area contributed by atoms with E-state index in [1.54, 1.807) is 16.6 Å². The van der Waals surface area contributed by atoms with Crippen molar-refractivity contribution in [2.45, 2.75) is 6.92 Å². The Bertz CT molecular complexity index is 1320. The number of nitrogens with one attached hydrogen (secondary N) is 2. The summed E-state index contributed by atoms with van der Waals surface area (Å²) >= 11 is 6.79. The summed E-state index contributed by atoms with van der Waals surface area (Å²) in [4.78, 5) is 13.5. The largest absolute Gasteiger partial charge is 0.493 e. The first kappa shape index (κ1) is 22.4. The number of aromatic nitrogens is 4. The number of benzene rings is 2. The molecule has 0 aliphatic heterocycles. The molecular weight excluding hydrogens is 464 g/mol. The number of anilines is 1. The van der Waals surface area contributed by atoms with Crippen LogP contribution in [0.3, 0.4) is 0 Å². The number of rotatable bonds is 6. The van der Waals surface area contributed by atoms with Gasteiger partial charge < -0.3 is 19.5 Å². The van der Waals surface area contributed by atoms with Crippen molar-refractivity contribution in [3.05, 3.63) is 47.8 Å². The van der Waals surface area contributed by atoms with E-state index in [9.17, 15) is 4.79 Å². The minimum Gasteiger partial charge on any atom is -0.493 e. The van der Waals surface area contributed by atoms with Gasteiger partial charge in [-0.15, -0.1) is 10.2 Å². The maximum Gasteiger partial charge on any atom is 0.257 e. The van der Waals surface area contributed by atoms with E-state index in [0.29, 0.717) is 39.3 Å². The van der Waals surface area contributed by atoms with Crippen molar-refractivity contribution in [1.82, 2.24) is 25.1 Å². The lowest BCUT2D eigenvalue weighted by molar-refractivity contribution is 0.0977. The Balaban J connectivity index is 1.55. The van der Waals surface area contributed by atoms with Crippen molar-refractivity contribution in [1.29, 1.82) is 0 Å². The number of ether oxygens (including phenoxy) is 3. The van der Waals surface area contributed by atoms with Crippen molar-refractivity contribution < 1.29 is 19.0 Å². The lowest BCUT2D eigenvalue weighted by atomic mass is 10.1. The molecule has 4 rings (SSSR count). The fraction of sp³-hybridized carbons (Fsp3) is 0.190. The van der Waals surface area contributed by atoms with Crippen LogP contribution in [-0.4, -0.2) is 52.2 Å². The SMILES string of the molecule is COc1cc(C(=O)NC(=S)Nc2ccccc2-c2nn3c(C)nnc3s2)cc(OC)c1OC. The third-order valence-electron chi connectivity index (χ3n) is 4.71. The number of hydrogen-bond acceptors (Lipinski definition) is 9. The smallest absolute Gasteiger partial charge is 0.257 e. The van der Waals surface area contributed by atoms with Crippen LogP contribution in [0.1, 0.15) is 16.2 Å². The minimum absolute atomic E-state index is 0.125. The van der Waals surface area contributed by atoms with Crippen molar-refractivity contribution in [3.63, 3.8) is 0 Å². The van der Waals surface area contributed by atoms with Gasteiger partial charge in [-0.2, -0.15) is 9.61 Å². The van der Waals surface area contributed by atoms with Gasteiger partial charge in [-0.25, -0.2) is 0 Å². The first-order valence-electron chi connectivity index (χ1n) is 9.65. The zero-order valence-electron chi connectivity index (χ0n) is 18.2. The Hall–Kier alpha value is -3.77. The minimum atomic E-state index is -0.432. The van der Waals surface area contributed by atoms with Crippen LogP contribution in [0.4, 0.5) is 5.69 Å². The number of aryl methyl sites for hydroxylation is 1. The molecule has 4 aromatic rings. The molecule has 2 aromatic carbocycles. The number of fused-ring (bicyclic) bond motifs is 1. The molecule has 0 aliphatic carbocycles. The summed E-state index contributed by atoms with van der Waals surface area (Å²) in [5.41, 5.74) is 1.80. The lowest BCUT2D eigenvalue weighted by Crippen LogP contribution is -2.34. The van der Waals surface area contributed by atoms with Crippen LogP contribution in [0.25, 0.3) is 15.5 Å². The highest BCUT2D eigenvalue weighted by molar-refractivity contribution is 7.80. The number of thiocarbonyl (C=S) groups is 1. The Morgan fingerprint density at radius 2 is 1.76 bits per heavy atom. The van der Waals surface area contributed by atoms with Crippen LogP contribution in [0.15, 0.2) is 36.4 Å². The van der Waals surface area contributed by atoms with Gasteiger partial charge in [-0.05, 0) is 43.4 Å². The Labute approximate surface area is 198 Å². The number of amides is 1. The maximum atomic E-state index is 12.8. The predicted molar refractivity (Wildman–Crippen MR) is 129 cm³/mol. The van der Waals surface area contributed by atoms with E-state index in [2.05, 4.69) is 25.9 Å². The Morgan fingerprint density at radius 1 is 1.06 bits per heavy atom. The van der Waals surface area contributed by atoms with Gasteiger partial charge in [0.1, 0.15) is 5.01 Å². The Kier molecular flexibility index (Phi) is 6.38. The van der Waals surface area contributed by atoms with Crippen LogP contribution in [0.2, 0.25) is 0 Å². The van der Waals surface area contributed by atoms with E-state index < -0.39 is 5.91 Å². The summed E-state index contributed by atoms with van der Waals surface area (Å²) in [5, 5.41) is 19.3. The van der Waals surface area contributed by atoms with E-state index in [1.807, 2.05) is 31.2 Å². The fourth-order valence-corrected chi connectivity index (χ4v) is 4.27. The summed E-state index contributed by atoms with van der Waals surface area (Å²) < 4.78 is 17.6. The first-order valence-corrected chi connectivity index (χ1v) is 10.9. The number of hydrogen-bond donors (Lipinski definition) is 2. The zero-order chi connectivity index (χ0) is 23.5. The monoisotopic (exact) mass is 484 g/mol. The molecule has 2 N–H and O–H groups in total. The summed E-state index contributed by atoms with van der Waals surface area (Å²) in [6.07, 6.45) is 0. The number of carbonyl (C=O) groups is 1. The standard InChI is InChI=1S/C21H20N6O4S2/c1-11-24-25-21-27(11)26-19(33-21)13-7-5-6-8-14(13)22-20(32)23-18(28)12-9-15(29-2)17(31-4)16(10-12)30-3/h5-10H,1-4H3,(H2,22,23,28,32). The van der Waals surface area contributed by atoms with Crippen LogP contribution < -0.4 is 24.8 Å². The highest BCUT2D eigenvalue weighted by atomic mass is 32.1. The summed E-state index contributed by atoms with van der Waals surface area (Å²) in [6.45, 7) is 1.83. The van der Waals surface area contributed by atoms with Crippen molar-refractivity contribution in [2.75, 3.05) is 26.6 Å². The van der Waals surface area contributed by atoms with Crippen molar-refractivity contribution in [3.8, 4) is 27.8 Å². The van der Waals surface area contributed by atoms with E-state index in [0.717, 1.165) is 10.6 Å². The van der Waals surface area contributed by atoms with Crippen LogP contribution >= 0.6 is 23.6 Å². The summed E-state index contributed by atoms with van der Waals surface area (Å²) in [7, 11) is 4.46. The topological polar surface area (TPSA) is 112 Å². The highest BCUT2D eigenvalue weighted by Crippen LogP contribution is 2.38. The number of methoxy groups -OCH3 is 3. The molecule has 0 bridgehead atoms. The van der Waals surface area contributed by atoms with E-state index >= 15 is 0 Å². The van der Waals surface area contributed by atoms with Crippen molar-refractivity contribution >= 4 is 45.2 Å². The molecule has 0 spiro atoms. The molecule has 33 heavy (non-hydrogen) atoms. The zero-order valence-corrected chi connectivity index (χ0v) is 19.8. The number of nitrogens with zero attached hydrogens (tertiary/aromatic N) is 4. The lowest BCUT2D eigenvalue weighted by Gasteiger charge is -2.15. The molecule has 0 aliphatic rings. The molecule has 2 heterocycles. The average molecular weight is 485 g/mol. The molecule has 170 valence electrons. The molecular formula is C21H20N6O4S2. The molecule has 0 atom stereocenters. The fourth-order valence-electron chi connectivity index (χ4n) is 3.14. The number of para-hydroxylation sites is 1. The maximum absolute atomic E-state index is 12.8. The Morgan fingerprint density at radius 3 is 2.39 bits per heavy atom. The van der Waals surface area contributed by atoms with Gasteiger partial charge in [-0.1, -0.05) is 23.5 Å². The van der Waals surface area contributed by atoms with Crippen LogP contribution in [-0.2, 0) is 0 Å². The van der Waals surface area contributed by atoms with Crippen LogP contribution in [0, 0.1) is 6.92 Å². The average Bonchev–Trinajstić information content (AvgIpc) is 3.40. The quantitative estimate of drug-likeness (QED) is 0.398. The molecule has 0 saturated heterocycles. The second-order valence-electron chi connectivity index (χ2n) is 6.72. The van der Waals surface area contributed by atoms with Crippen molar-refractivity contribution in [2.24, 2.45) is 0 Å². The highest BCUT2D eigenvalue weighted by Gasteiger charge is 2.19. The second-order valence-corrected chi connectivity index (χ2v) is 8.08. The molecule has 1 amide bonds. The molecule has 0 unspecified atom stereocenters. The van der Waals surface area contributed by atoms with E-state index in [4.69, 9.17) is 26.4 Å². The van der Waals surface area contributed by atoms with Crippen LogP contribution in [0.5, 0.6) is 17.2 Å². The molecule has 0 fully saturated rings. The van der Waals surface area contributed by atoms with Gasteiger partial charge in [0, 0.05) is 11.1 Å². The van der Waals surface area contributed by atoms with Gasteiger partial charge >= 0.3 is 0 Å². The van der Waals surface area contributed by atoms with E-state index in [-0.39, 0.29) is 5.11 Å². The second kappa shape index (κ2) is 9.38. The molecule has 10 nitrogen and oxygen atoms in total. The molecule has 12 heteroatoms. The molecule has 0 saturated carbocycles.